The fourth-order valence-corrected chi connectivity index (χ4v) is 5.09. The molecule has 2 aromatic rings. The largest absolute Gasteiger partial charge is 0.360 e. The molecular formula is C21H28N4O5S. The van der Waals surface area contributed by atoms with Crippen molar-refractivity contribution in [2.75, 3.05) is 19.6 Å². The van der Waals surface area contributed by atoms with Crippen molar-refractivity contribution in [2.24, 2.45) is 0 Å². The Kier molecular flexibility index (Phi) is 7.45. The van der Waals surface area contributed by atoms with Gasteiger partial charge in [-0.3, -0.25) is 9.59 Å². The molecule has 0 bridgehead atoms. The summed E-state index contributed by atoms with van der Waals surface area (Å²) in [6.07, 6.45) is 2.58. The van der Waals surface area contributed by atoms with Gasteiger partial charge in [-0.05, 0) is 38.7 Å². The molecular weight excluding hydrogens is 420 g/mol. The molecule has 1 fully saturated rings. The summed E-state index contributed by atoms with van der Waals surface area (Å²) in [5.74, 6) is -0.363. The first-order chi connectivity index (χ1) is 14.8. The van der Waals surface area contributed by atoms with Gasteiger partial charge in [0, 0.05) is 13.1 Å². The van der Waals surface area contributed by atoms with Crippen LogP contribution in [0.4, 0.5) is 0 Å². The summed E-state index contributed by atoms with van der Waals surface area (Å²) in [5.41, 5.74) is 1.07. The Bertz CT molecular complexity index is 1000. The zero-order valence-corrected chi connectivity index (χ0v) is 18.6. The number of hydrogen-bond acceptors (Lipinski definition) is 6. The minimum Gasteiger partial charge on any atom is -0.360 e. The molecule has 1 saturated heterocycles. The number of benzene rings is 1. The Morgan fingerprint density at radius 3 is 2.65 bits per heavy atom. The minimum absolute atomic E-state index is 0.0553. The highest BCUT2D eigenvalue weighted by atomic mass is 32.2. The van der Waals surface area contributed by atoms with Crippen LogP contribution < -0.4 is 10.0 Å². The number of carbonyl (C=O) groups excluding carboxylic acids is 2. The topological polar surface area (TPSA) is 122 Å². The Morgan fingerprint density at radius 2 is 1.97 bits per heavy atom. The van der Waals surface area contributed by atoms with Gasteiger partial charge in [-0.1, -0.05) is 35.5 Å². The highest BCUT2D eigenvalue weighted by molar-refractivity contribution is 7.89. The molecule has 0 radical (unpaired) electrons. The maximum atomic E-state index is 13.2. The SMILES string of the molecule is Cc1noc(C)c1S(=O)(=O)NCC(=O)N1CCCCCNC(=O)CC1c1ccccc1. The van der Waals surface area contributed by atoms with Crippen LogP contribution in [0.15, 0.2) is 39.8 Å². The molecule has 2 heterocycles. The number of nitrogens with zero attached hydrogens (tertiary/aromatic N) is 2. The Balaban J connectivity index is 1.82. The van der Waals surface area contributed by atoms with E-state index in [2.05, 4.69) is 15.2 Å². The van der Waals surface area contributed by atoms with E-state index in [0.29, 0.717) is 13.1 Å². The molecule has 2 N–H and O–H groups in total. The molecule has 1 aromatic heterocycles. The lowest BCUT2D eigenvalue weighted by Crippen LogP contribution is -2.44. The highest BCUT2D eigenvalue weighted by Gasteiger charge is 2.30. The fourth-order valence-electron chi connectivity index (χ4n) is 3.79. The lowest BCUT2D eigenvalue weighted by atomic mass is 10.00. The average molecular weight is 449 g/mol. The van der Waals surface area contributed by atoms with E-state index < -0.39 is 28.5 Å². The van der Waals surface area contributed by atoms with Crippen LogP contribution in [-0.4, -0.2) is 49.9 Å². The molecule has 9 nitrogen and oxygen atoms in total. The van der Waals surface area contributed by atoms with Crippen LogP contribution >= 0.6 is 0 Å². The summed E-state index contributed by atoms with van der Waals surface area (Å²) in [7, 11) is -3.97. The molecule has 1 aliphatic rings. The normalized spacial score (nSPS) is 18.5. The summed E-state index contributed by atoms with van der Waals surface area (Å²) in [6.45, 7) is 3.68. The van der Waals surface area contributed by atoms with Crippen molar-refractivity contribution < 1.29 is 22.5 Å². The molecule has 2 amide bonds. The van der Waals surface area contributed by atoms with Gasteiger partial charge in [-0.25, -0.2) is 13.1 Å². The second kappa shape index (κ2) is 10.1. The van der Waals surface area contributed by atoms with Gasteiger partial charge in [-0.2, -0.15) is 0 Å². The maximum Gasteiger partial charge on any atom is 0.246 e. The summed E-state index contributed by atoms with van der Waals surface area (Å²) in [6, 6.07) is 8.85. The van der Waals surface area contributed by atoms with Gasteiger partial charge in [0.05, 0.1) is 19.0 Å². The second-order valence-electron chi connectivity index (χ2n) is 7.61. The van der Waals surface area contributed by atoms with Crippen LogP contribution in [0.2, 0.25) is 0 Å². The Morgan fingerprint density at radius 1 is 1.23 bits per heavy atom. The van der Waals surface area contributed by atoms with Crippen LogP contribution in [0.5, 0.6) is 0 Å². The smallest absolute Gasteiger partial charge is 0.246 e. The van der Waals surface area contributed by atoms with Crippen LogP contribution in [0.1, 0.15) is 48.7 Å². The summed E-state index contributed by atoms with van der Waals surface area (Å²) < 4.78 is 32.7. The third kappa shape index (κ3) is 5.71. The Hall–Kier alpha value is -2.72. The van der Waals surface area contributed by atoms with Crippen molar-refractivity contribution in [3.8, 4) is 0 Å². The van der Waals surface area contributed by atoms with Gasteiger partial charge < -0.3 is 14.7 Å². The molecule has 0 aliphatic carbocycles. The van der Waals surface area contributed by atoms with Gasteiger partial charge in [0.15, 0.2) is 5.76 Å². The minimum atomic E-state index is -3.97. The average Bonchev–Trinajstić information content (AvgIpc) is 3.10. The third-order valence-electron chi connectivity index (χ3n) is 5.31. The number of amides is 2. The van der Waals surface area contributed by atoms with Gasteiger partial charge in [-0.15, -0.1) is 0 Å². The number of nitrogens with one attached hydrogen (secondary N) is 2. The summed E-state index contributed by atoms with van der Waals surface area (Å²) >= 11 is 0. The predicted molar refractivity (Wildman–Crippen MR) is 114 cm³/mol. The van der Waals surface area contributed by atoms with E-state index in [1.165, 1.54) is 13.8 Å². The van der Waals surface area contributed by atoms with Crippen molar-refractivity contribution in [1.82, 2.24) is 20.1 Å². The zero-order valence-electron chi connectivity index (χ0n) is 17.8. The standard InChI is InChI=1S/C21H28N4O5S/c1-15-21(16(2)30-24-15)31(28,29)23-14-20(27)25-12-8-4-7-11-22-19(26)13-18(25)17-9-5-3-6-10-17/h3,5-6,9-10,18,23H,4,7-8,11-14H2,1-2H3,(H,22,26). The predicted octanol–water partition coefficient (Wildman–Crippen LogP) is 1.83. The van der Waals surface area contributed by atoms with Crippen molar-refractivity contribution in [3.63, 3.8) is 0 Å². The number of carbonyl (C=O) groups is 2. The highest BCUT2D eigenvalue weighted by Crippen LogP contribution is 2.26. The van der Waals surface area contributed by atoms with Gasteiger partial charge in [0.2, 0.25) is 21.8 Å². The summed E-state index contributed by atoms with van der Waals surface area (Å²) in [4.78, 5) is 27.1. The van der Waals surface area contributed by atoms with Crippen molar-refractivity contribution in [3.05, 3.63) is 47.3 Å². The molecule has 1 atom stereocenters. The first-order valence-electron chi connectivity index (χ1n) is 10.3. The fraction of sp³-hybridized carbons (Fsp3) is 0.476. The lowest BCUT2D eigenvalue weighted by molar-refractivity contribution is -0.134. The molecule has 0 spiro atoms. The van der Waals surface area contributed by atoms with Crippen LogP contribution in [-0.2, 0) is 19.6 Å². The van der Waals surface area contributed by atoms with Crippen molar-refractivity contribution >= 4 is 21.8 Å². The first kappa shape index (κ1) is 23.0. The quantitative estimate of drug-likeness (QED) is 0.720. The number of sulfonamides is 1. The number of aryl methyl sites for hydroxylation is 2. The molecule has 3 rings (SSSR count). The Labute approximate surface area is 182 Å². The van der Waals surface area contributed by atoms with E-state index in [0.717, 1.165) is 24.8 Å². The lowest BCUT2D eigenvalue weighted by Gasteiger charge is -2.33. The maximum absolute atomic E-state index is 13.2. The first-order valence-corrected chi connectivity index (χ1v) is 11.8. The molecule has 1 unspecified atom stereocenters. The molecule has 10 heteroatoms. The van der Waals surface area contributed by atoms with Crippen LogP contribution in [0, 0.1) is 13.8 Å². The van der Waals surface area contributed by atoms with Crippen molar-refractivity contribution in [1.29, 1.82) is 0 Å². The van der Waals surface area contributed by atoms with Gasteiger partial charge in [0.1, 0.15) is 10.6 Å². The van der Waals surface area contributed by atoms with E-state index in [4.69, 9.17) is 4.52 Å². The van der Waals surface area contributed by atoms with E-state index in [1.54, 1.807) is 4.90 Å². The molecule has 31 heavy (non-hydrogen) atoms. The molecule has 1 aromatic carbocycles. The van der Waals surface area contributed by atoms with Crippen molar-refractivity contribution in [2.45, 2.75) is 50.5 Å². The number of aromatic nitrogens is 1. The van der Waals surface area contributed by atoms with E-state index in [-0.39, 0.29) is 28.7 Å². The number of hydrogen-bond donors (Lipinski definition) is 2. The van der Waals surface area contributed by atoms with E-state index in [9.17, 15) is 18.0 Å². The zero-order chi connectivity index (χ0) is 22.4. The van der Waals surface area contributed by atoms with E-state index in [1.807, 2.05) is 30.3 Å². The molecule has 0 saturated carbocycles. The monoisotopic (exact) mass is 448 g/mol. The van der Waals surface area contributed by atoms with Gasteiger partial charge >= 0.3 is 0 Å². The van der Waals surface area contributed by atoms with Crippen LogP contribution in [0.3, 0.4) is 0 Å². The van der Waals surface area contributed by atoms with Crippen LogP contribution in [0.25, 0.3) is 0 Å². The molecule has 1 aliphatic heterocycles. The third-order valence-corrected chi connectivity index (χ3v) is 6.95. The molecule has 168 valence electrons. The number of rotatable bonds is 5. The summed E-state index contributed by atoms with van der Waals surface area (Å²) in [5, 5.41) is 6.56. The van der Waals surface area contributed by atoms with E-state index >= 15 is 0 Å². The van der Waals surface area contributed by atoms with Gasteiger partial charge in [0.25, 0.3) is 0 Å². The second-order valence-corrected chi connectivity index (χ2v) is 9.31.